The zero-order valence-corrected chi connectivity index (χ0v) is 9.84. The van der Waals surface area contributed by atoms with Gasteiger partial charge in [-0.1, -0.05) is 6.92 Å². The summed E-state index contributed by atoms with van der Waals surface area (Å²) in [5, 5.41) is 2.98. The van der Waals surface area contributed by atoms with Crippen molar-refractivity contribution in [3.63, 3.8) is 0 Å². The first kappa shape index (κ1) is 12.9. The summed E-state index contributed by atoms with van der Waals surface area (Å²) in [6.07, 6.45) is 0.563. The van der Waals surface area contributed by atoms with Crippen LogP contribution in [0.3, 0.4) is 0 Å². The number of nitrogens with one attached hydrogen (secondary N) is 1. The predicted molar refractivity (Wildman–Crippen MR) is 60.8 cm³/mol. The molecule has 6 heteroatoms. The van der Waals surface area contributed by atoms with Crippen LogP contribution in [0.25, 0.3) is 0 Å². The van der Waals surface area contributed by atoms with E-state index in [1.54, 1.807) is 0 Å². The monoisotopic (exact) mass is 258 g/mol. The summed E-state index contributed by atoms with van der Waals surface area (Å²) < 4.78 is 39.0. The highest BCUT2D eigenvalue weighted by molar-refractivity contribution is 5.99. The molecular formula is C12H13F3N2O. The third kappa shape index (κ3) is 2.20. The van der Waals surface area contributed by atoms with Gasteiger partial charge in [0.1, 0.15) is 0 Å². The van der Waals surface area contributed by atoms with Crippen molar-refractivity contribution in [2.45, 2.75) is 19.4 Å². The second-order valence-electron chi connectivity index (χ2n) is 4.11. The number of anilines is 1. The Bertz CT molecular complexity index is 455. The first-order valence-electron chi connectivity index (χ1n) is 5.74. The van der Waals surface area contributed by atoms with Crippen LogP contribution in [0.5, 0.6) is 0 Å². The van der Waals surface area contributed by atoms with E-state index in [0.717, 1.165) is 12.1 Å². The summed E-state index contributed by atoms with van der Waals surface area (Å²) in [5.74, 6) is -4.34. The number of carbonyl (C=O) groups is 1. The minimum absolute atomic E-state index is 0.0526. The molecule has 98 valence electrons. The topological polar surface area (TPSA) is 32.3 Å². The van der Waals surface area contributed by atoms with E-state index in [-0.39, 0.29) is 17.6 Å². The van der Waals surface area contributed by atoms with Crippen LogP contribution in [0.1, 0.15) is 13.3 Å². The fourth-order valence-electron chi connectivity index (χ4n) is 2.07. The van der Waals surface area contributed by atoms with Crippen molar-refractivity contribution in [1.82, 2.24) is 5.32 Å². The van der Waals surface area contributed by atoms with Gasteiger partial charge in [-0.2, -0.15) is 0 Å². The van der Waals surface area contributed by atoms with Gasteiger partial charge in [0, 0.05) is 24.4 Å². The SMILES string of the molecule is CCNC1CCN(c2cc(F)c(F)c(F)c2)C1=O. The van der Waals surface area contributed by atoms with Gasteiger partial charge in [0.2, 0.25) is 5.91 Å². The second kappa shape index (κ2) is 4.97. The number of amides is 1. The van der Waals surface area contributed by atoms with E-state index in [0.29, 0.717) is 19.5 Å². The molecule has 18 heavy (non-hydrogen) atoms. The summed E-state index contributed by atoms with van der Waals surface area (Å²) in [7, 11) is 0. The highest BCUT2D eigenvalue weighted by Gasteiger charge is 2.32. The van der Waals surface area contributed by atoms with Gasteiger partial charge in [0.15, 0.2) is 17.5 Å². The molecule has 1 fully saturated rings. The Labute approximate surface area is 103 Å². The van der Waals surface area contributed by atoms with E-state index in [4.69, 9.17) is 0 Å². The first-order valence-corrected chi connectivity index (χ1v) is 5.74. The average Bonchev–Trinajstić information content (AvgIpc) is 2.68. The third-order valence-electron chi connectivity index (χ3n) is 2.94. The van der Waals surface area contributed by atoms with Gasteiger partial charge in [-0.25, -0.2) is 13.2 Å². The number of halogens is 3. The minimum atomic E-state index is -1.52. The van der Waals surface area contributed by atoms with E-state index < -0.39 is 17.5 Å². The van der Waals surface area contributed by atoms with Gasteiger partial charge in [0.05, 0.1) is 6.04 Å². The molecule has 0 radical (unpaired) electrons. The molecule has 3 nitrogen and oxygen atoms in total. The van der Waals surface area contributed by atoms with Crippen LogP contribution < -0.4 is 10.2 Å². The molecular weight excluding hydrogens is 245 g/mol. The van der Waals surface area contributed by atoms with Gasteiger partial charge in [-0.3, -0.25) is 4.79 Å². The molecule has 2 rings (SSSR count). The lowest BCUT2D eigenvalue weighted by molar-refractivity contribution is -0.118. The molecule has 1 atom stereocenters. The Balaban J connectivity index is 2.26. The van der Waals surface area contributed by atoms with Gasteiger partial charge in [-0.05, 0) is 13.0 Å². The van der Waals surface area contributed by atoms with Gasteiger partial charge < -0.3 is 10.2 Å². The molecule has 1 heterocycles. The number of nitrogens with zero attached hydrogens (tertiary/aromatic N) is 1. The lowest BCUT2D eigenvalue weighted by atomic mass is 10.2. The number of likely N-dealkylation sites (N-methyl/N-ethyl adjacent to an activating group) is 1. The summed E-state index contributed by atoms with van der Waals surface area (Å²) in [6, 6.07) is 1.33. The third-order valence-corrected chi connectivity index (χ3v) is 2.94. The van der Waals surface area contributed by atoms with Crippen LogP contribution >= 0.6 is 0 Å². The van der Waals surface area contributed by atoms with Crippen LogP contribution in [0.4, 0.5) is 18.9 Å². The highest BCUT2D eigenvalue weighted by atomic mass is 19.2. The minimum Gasteiger partial charge on any atom is -0.311 e. The van der Waals surface area contributed by atoms with Crippen LogP contribution in [-0.4, -0.2) is 25.0 Å². The van der Waals surface area contributed by atoms with Crippen molar-refractivity contribution in [2.75, 3.05) is 18.0 Å². The molecule has 0 aromatic heterocycles. The number of hydrogen-bond acceptors (Lipinski definition) is 2. The fraction of sp³-hybridized carbons (Fsp3) is 0.417. The molecule has 1 saturated heterocycles. The maximum atomic E-state index is 13.1. The second-order valence-corrected chi connectivity index (χ2v) is 4.11. The average molecular weight is 258 g/mol. The predicted octanol–water partition coefficient (Wildman–Crippen LogP) is 1.82. The Kier molecular flexibility index (Phi) is 3.56. The fourth-order valence-corrected chi connectivity index (χ4v) is 2.07. The van der Waals surface area contributed by atoms with E-state index >= 15 is 0 Å². The van der Waals surface area contributed by atoms with Crippen LogP contribution in [0.2, 0.25) is 0 Å². The van der Waals surface area contributed by atoms with Crippen molar-refractivity contribution in [1.29, 1.82) is 0 Å². The molecule has 0 saturated carbocycles. The Morgan fingerprint density at radius 3 is 2.50 bits per heavy atom. The summed E-state index contributed by atoms with van der Waals surface area (Å²) in [6.45, 7) is 2.87. The Morgan fingerprint density at radius 2 is 1.94 bits per heavy atom. The van der Waals surface area contributed by atoms with Crippen molar-refractivity contribution < 1.29 is 18.0 Å². The molecule has 1 aromatic rings. The molecule has 1 aromatic carbocycles. The molecule has 0 aliphatic carbocycles. The summed E-state index contributed by atoms with van der Waals surface area (Å²) >= 11 is 0. The molecule has 1 unspecified atom stereocenters. The number of carbonyl (C=O) groups excluding carboxylic acids is 1. The maximum Gasteiger partial charge on any atom is 0.244 e. The van der Waals surface area contributed by atoms with Gasteiger partial charge in [-0.15, -0.1) is 0 Å². The first-order chi connectivity index (χ1) is 8.54. The van der Waals surface area contributed by atoms with E-state index in [1.165, 1.54) is 4.90 Å². The van der Waals surface area contributed by atoms with Gasteiger partial charge >= 0.3 is 0 Å². The van der Waals surface area contributed by atoms with Crippen LogP contribution in [-0.2, 0) is 4.79 Å². The number of hydrogen-bond donors (Lipinski definition) is 1. The summed E-state index contributed by atoms with van der Waals surface area (Å²) in [5.41, 5.74) is 0.0526. The van der Waals surface area contributed by atoms with E-state index in [9.17, 15) is 18.0 Å². The molecule has 1 amide bonds. The zero-order chi connectivity index (χ0) is 13.3. The normalized spacial score (nSPS) is 19.7. The van der Waals surface area contributed by atoms with Crippen molar-refractivity contribution in [2.24, 2.45) is 0 Å². The van der Waals surface area contributed by atoms with Crippen molar-refractivity contribution in [3.8, 4) is 0 Å². The van der Waals surface area contributed by atoms with E-state index in [2.05, 4.69) is 5.32 Å². The van der Waals surface area contributed by atoms with Crippen molar-refractivity contribution in [3.05, 3.63) is 29.6 Å². The van der Waals surface area contributed by atoms with Crippen LogP contribution in [0.15, 0.2) is 12.1 Å². The standard InChI is InChI=1S/C12H13F3N2O/c1-2-16-10-3-4-17(12(10)18)7-5-8(13)11(15)9(14)6-7/h5-6,10,16H,2-4H2,1H3. The lowest BCUT2D eigenvalue weighted by Gasteiger charge is -2.17. The summed E-state index contributed by atoms with van der Waals surface area (Å²) in [4.78, 5) is 13.2. The molecule has 1 aliphatic heterocycles. The highest BCUT2D eigenvalue weighted by Crippen LogP contribution is 2.25. The van der Waals surface area contributed by atoms with Gasteiger partial charge in [0.25, 0.3) is 0 Å². The molecule has 0 spiro atoms. The molecule has 0 bridgehead atoms. The quantitative estimate of drug-likeness (QED) is 0.839. The Hall–Kier alpha value is -1.56. The lowest BCUT2D eigenvalue weighted by Crippen LogP contribution is -2.38. The molecule has 1 aliphatic rings. The molecule has 1 N–H and O–H groups in total. The zero-order valence-electron chi connectivity index (χ0n) is 9.84. The maximum absolute atomic E-state index is 13.1. The number of benzene rings is 1. The largest absolute Gasteiger partial charge is 0.311 e. The van der Waals surface area contributed by atoms with Crippen LogP contribution in [0, 0.1) is 17.5 Å². The number of rotatable bonds is 3. The van der Waals surface area contributed by atoms with E-state index in [1.807, 2.05) is 6.92 Å². The van der Waals surface area contributed by atoms with Crippen molar-refractivity contribution >= 4 is 11.6 Å². The smallest absolute Gasteiger partial charge is 0.244 e. The Morgan fingerprint density at radius 1 is 1.33 bits per heavy atom.